The highest BCUT2D eigenvalue weighted by Crippen LogP contribution is 2.37. The molecule has 3 rings (SSSR count). The number of Topliss-reactive ketones (excluding diaryl/α,β-unsaturated/α-hetero) is 1. The van der Waals surface area contributed by atoms with Gasteiger partial charge in [0.15, 0.2) is 5.78 Å². The van der Waals surface area contributed by atoms with Crippen LogP contribution in [0.5, 0.6) is 0 Å². The minimum atomic E-state index is -0.740. The van der Waals surface area contributed by atoms with Crippen LogP contribution in [-0.2, 0) is 15.1 Å². The minimum absolute atomic E-state index is 0.0216. The molecule has 0 amide bonds. The summed E-state index contributed by atoms with van der Waals surface area (Å²) in [5.74, 6) is -0.0216. The first kappa shape index (κ1) is 16.4. The quantitative estimate of drug-likeness (QED) is 0.783. The summed E-state index contributed by atoms with van der Waals surface area (Å²) < 4.78 is 11.5. The van der Waals surface area contributed by atoms with Crippen molar-refractivity contribution in [2.75, 3.05) is 14.2 Å². The molecular weight excluding hydrogens is 300 g/mol. The van der Waals surface area contributed by atoms with E-state index in [4.69, 9.17) is 9.47 Å². The van der Waals surface area contributed by atoms with Crippen molar-refractivity contribution in [3.8, 4) is 0 Å². The highest BCUT2D eigenvalue weighted by atomic mass is 16.5. The lowest BCUT2D eigenvalue weighted by Crippen LogP contribution is -2.42. The number of ketones is 1. The Morgan fingerprint density at radius 2 is 1.58 bits per heavy atom. The number of carbonyl (C=O) groups excluding carboxylic acids is 1. The van der Waals surface area contributed by atoms with Crippen molar-refractivity contribution in [2.45, 2.75) is 11.7 Å². The van der Waals surface area contributed by atoms with Gasteiger partial charge < -0.3 is 9.47 Å². The first-order valence-corrected chi connectivity index (χ1v) is 7.85. The van der Waals surface area contributed by atoms with Crippen molar-refractivity contribution in [1.82, 2.24) is 0 Å². The number of hydrogen-bond acceptors (Lipinski definition) is 3. The van der Waals surface area contributed by atoms with E-state index in [0.29, 0.717) is 11.1 Å². The van der Waals surface area contributed by atoms with Gasteiger partial charge in [-0.2, -0.15) is 0 Å². The molecule has 2 unspecified atom stereocenters. The van der Waals surface area contributed by atoms with Crippen LogP contribution in [0.3, 0.4) is 0 Å². The van der Waals surface area contributed by atoms with Gasteiger partial charge >= 0.3 is 0 Å². The summed E-state index contributed by atoms with van der Waals surface area (Å²) >= 11 is 0. The highest BCUT2D eigenvalue weighted by Gasteiger charge is 2.40. The number of hydrogen-bond donors (Lipinski definition) is 0. The smallest absolute Gasteiger partial charge is 0.192 e. The first-order valence-electron chi connectivity index (χ1n) is 7.85. The number of ether oxygens (including phenoxy) is 2. The fourth-order valence-corrected chi connectivity index (χ4v) is 3.06. The maximum atomic E-state index is 12.7. The molecule has 0 heterocycles. The van der Waals surface area contributed by atoms with Crippen molar-refractivity contribution < 1.29 is 14.3 Å². The Hall–Kier alpha value is -2.49. The van der Waals surface area contributed by atoms with Crippen LogP contribution >= 0.6 is 0 Å². The maximum Gasteiger partial charge on any atom is 0.192 e. The zero-order chi connectivity index (χ0) is 17.0. The number of methoxy groups -OCH3 is 2. The maximum absolute atomic E-state index is 12.7. The average Bonchev–Trinajstić information content (AvgIpc) is 2.68. The van der Waals surface area contributed by atoms with E-state index in [9.17, 15) is 4.79 Å². The van der Waals surface area contributed by atoms with Crippen molar-refractivity contribution in [3.63, 3.8) is 0 Å². The third-order valence-corrected chi connectivity index (χ3v) is 4.38. The van der Waals surface area contributed by atoms with Gasteiger partial charge in [0.2, 0.25) is 0 Å². The van der Waals surface area contributed by atoms with E-state index in [0.717, 1.165) is 5.56 Å². The van der Waals surface area contributed by atoms with Crippen LogP contribution in [0, 0.1) is 0 Å². The zero-order valence-electron chi connectivity index (χ0n) is 13.8. The third-order valence-electron chi connectivity index (χ3n) is 4.38. The molecule has 0 fully saturated rings. The monoisotopic (exact) mass is 320 g/mol. The van der Waals surface area contributed by atoms with Crippen LogP contribution in [0.15, 0.2) is 84.5 Å². The molecule has 0 N–H and O–H groups in total. The van der Waals surface area contributed by atoms with Gasteiger partial charge in [-0.3, -0.25) is 4.79 Å². The second kappa shape index (κ2) is 6.95. The summed E-state index contributed by atoms with van der Waals surface area (Å²) in [5.41, 5.74) is 1.51. The summed E-state index contributed by atoms with van der Waals surface area (Å²) in [4.78, 5) is 12.7. The Morgan fingerprint density at radius 1 is 0.958 bits per heavy atom. The van der Waals surface area contributed by atoms with E-state index in [1.165, 1.54) is 0 Å². The van der Waals surface area contributed by atoms with Gasteiger partial charge in [0.1, 0.15) is 11.7 Å². The van der Waals surface area contributed by atoms with E-state index in [1.54, 1.807) is 14.2 Å². The van der Waals surface area contributed by atoms with E-state index >= 15 is 0 Å². The number of rotatable bonds is 5. The second-order valence-corrected chi connectivity index (χ2v) is 5.67. The molecule has 0 bridgehead atoms. The van der Waals surface area contributed by atoms with Gasteiger partial charge in [-0.05, 0) is 17.7 Å². The number of benzene rings is 2. The molecule has 2 aromatic carbocycles. The highest BCUT2D eigenvalue weighted by molar-refractivity contribution is 6.10. The normalized spacial score (nSPS) is 22.9. The number of carbonyl (C=O) groups is 1. The van der Waals surface area contributed by atoms with Gasteiger partial charge in [-0.15, -0.1) is 0 Å². The van der Waals surface area contributed by atoms with Crippen molar-refractivity contribution in [2.24, 2.45) is 0 Å². The van der Waals surface area contributed by atoms with Crippen LogP contribution in [0.25, 0.3) is 0 Å². The lowest BCUT2D eigenvalue weighted by atomic mass is 9.81. The predicted octanol–water partition coefficient (Wildman–Crippen LogP) is 3.92. The Labute approximate surface area is 142 Å². The molecule has 122 valence electrons. The second-order valence-electron chi connectivity index (χ2n) is 5.67. The summed E-state index contributed by atoms with van der Waals surface area (Å²) in [6.07, 6.45) is 5.18. The van der Waals surface area contributed by atoms with Crippen LogP contribution in [0.1, 0.15) is 15.9 Å². The van der Waals surface area contributed by atoms with Gasteiger partial charge in [-0.25, -0.2) is 0 Å². The lowest BCUT2D eigenvalue weighted by molar-refractivity contribution is -0.0714. The first-order chi connectivity index (χ1) is 11.7. The zero-order valence-corrected chi connectivity index (χ0v) is 13.8. The van der Waals surface area contributed by atoms with E-state index in [2.05, 4.69) is 0 Å². The van der Waals surface area contributed by atoms with E-state index < -0.39 is 11.7 Å². The van der Waals surface area contributed by atoms with Gasteiger partial charge in [0, 0.05) is 25.4 Å². The third kappa shape index (κ3) is 2.84. The van der Waals surface area contributed by atoms with Crippen molar-refractivity contribution in [1.29, 1.82) is 0 Å². The van der Waals surface area contributed by atoms with Gasteiger partial charge in [-0.1, -0.05) is 66.7 Å². The molecule has 24 heavy (non-hydrogen) atoms. The Kier molecular flexibility index (Phi) is 4.74. The summed E-state index contributed by atoms with van der Waals surface area (Å²) in [6, 6.07) is 19.1. The molecular formula is C21H20O3. The molecule has 3 heteroatoms. The molecule has 0 saturated heterocycles. The summed E-state index contributed by atoms with van der Waals surface area (Å²) in [6.45, 7) is 0. The Bertz CT molecular complexity index is 762. The fraction of sp³-hybridized carbons (Fsp3) is 0.190. The minimum Gasteiger partial charge on any atom is -0.374 e. The largest absolute Gasteiger partial charge is 0.374 e. The molecule has 2 aromatic rings. The molecule has 0 aromatic heterocycles. The lowest BCUT2D eigenvalue weighted by Gasteiger charge is -2.37. The van der Waals surface area contributed by atoms with Gasteiger partial charge in [0.25, 0.3) is 0 Å². The van der Waals surface area contributed by atoms with Crippen LogP contribution in [0.4, 0.5) is 0 Å². The summed E-state index contributed by atoms with van der Waals surface area (Å²) in [5, 5.41) is 0. The molecule has 0 saturated carbocycles. The Balaban J connectivity index is 1.98. The van der Waals surface area contributed by atoms with Crippen LogP contribution in [-0.4, -0.2) is 26.1 Å². The van der Waals surface area contributed by atoms with Crippen LogP contribution < -0.4 is 0 Å². The molecule has 0 radical (unpaired) electrons. The predicted molar refractivity (Wildman–Crippen MR) is 93.9 cm³/mol. The van der Waals surface area contributed by atoms with E-state index in [1.807, 2.05) is 78.9 Å². The molecule has 3 nitrogen and oxygen atoms in total. The van der Waals surface area contributed by atoms with Crippen LogP contribution in [0.2, 0.25) is 0 Å². The van der Waals surface area contributed by atoms with Gasteiger partial charge in [0.05, 0.1) is 0 Å². The van der Waals surface area contributed by atoms with E-state index in [-0.39, 0.29) is 5.78 Å². The summed E-state index contributed by atoms with van der Waals surface area (Å²) in [7, 11) is 3.28. The molecule has 2 atom stereocenters. The topological polar surface area (TPSA) is 35.5 Å². The molecule has 0 spiro atoms. The molecule has 0 aliphatic heterocycles. The number of allylic oxidation sites excluding steroid dienone is 2. The SMILES string of the molecule is COC1C=C(C(=O)c2ccccc2)C=CC1(OC)c1ccccc1. The Morgan fingerprint density at radius 3 is 2.17 bits per heavy atom. The molecule has 1 aliphatic rings. The molecule has 1 aliphatic carbocycles. The standard InChI is InChI=1S/C21H20O3/c1-23-19-15-17(20(22)16-9-5-3-6-10-16)13-14-21(19,24-2)18-11-7-4-8-12-18/h3-15,19H,1-2H3. The fourth-order valence-electron chi connectivity index (χ4n) is 3.06. The van der Waals surface area contributed by atoms with Crippen molar-refractivity contribution in [3.05, 3.63) is 95.6 Å². The average molecular weight is 320 g/mol. The van der Waals surface area contributed by atoms with Crippen molar-refractivity contribution >= 4 is 5.78 Å².